The van der Waals surface area contributed by atoms with Crippen LogP contribution in [0.1, 0.15) is 43.4 Å². The summed E-state index contributed by atoms with van der Waals surface area (Å²) in [6.07, 6.45) is -1.70. The second-order valence-electron chi connectivity index (χ2n) is 10.1. The number of carbonyl (C=O) groups is 1. The molecular weight excluding hydrogens is 498 g/mol. The third kappa shape index (κ3) is 5.51. The second-order valence-corrected chi connectivity index (χ2v) is 10.1. The number of hydrogen-bond donors (Lipinski definition) is 1. The minimum absolute atomic E-state index is 0.0196. The standard InChI is InChI=1S/C26H25F6N4O/c1-24(2,3)36-14-20(19-9-8-18(27)12-21(19)28)25(29,15-36)22(37)34-23-33-10-11-35(23)13-16-4-6-17(7-5-16)26(30,31)32/h4-6,8-12,20H,13-15H2,1-3H3,(H,33,34,37)/t20-,25-/m0/s1. The van der Waals surface area contributed by atoms with E-state index in [1.54, 1.807) is 4.90 Å². The zero-order valence-electron chi connectivity index (χ0n) is 20.3. The number of halogens is 6. The fourth-order valence-corrected chi connectivity index (χ4v) is 4.38. The van der Waals surface area contributed by atoms with Crippen LogP contribution in [0.5, 0.6) is 0 Å². The van der Waals surface area contributed by atoms with Gasteiger partial charge in [-0.25, -0.2) is 18.2 Å². The Morgan fingerprint density at radius 3 is 2.51 bits per heavy atom. The van der Waals surface area contributed by atoms with E-state index >= 15 is 4.39 Å². The Kier molecular flexibility index (Phi) is 6.87. The molecule has 4 rings (SSSR count). The van der Waals surface area contributed by atoms with Crippen molar-refractivity contribution in [2.75, 3.05) is 18.4 Å². The van der Waals surface area contributed by atoms with Gasteiger partial charge in [0.25, 0.3) is 5.91 Å². The van der Waals surface area contributed by atoms with Crippen molar-refractivity contribution in [3.8, 4) is 0 Å². The number of carbonyl (C=O) groups excluding carboxylic acids is 1. The van der Waals surface area contributed by atoms with Gasteiger partial charge in [-0.1, -0.05) is 12.1 Å². The lowest BCUT2D eigenvalue weighted by Crippen LogP contribution is -2.47. The average Bonchev–Trinajstić information content (AvgIpc) is 3.38. The second kappa shape index (κ2) is 9.51. The summed E-state index contributed by atoms with van der Waals surface area (Å²) in [4.78, 5) is 19.1. The molecule has 1 amide bonds. The minimum atomic E-state index is -4.52. The Labute approximate surface area is 210 Å². The van der Waals surface area contributed by atoms with E-state index in [9.17, 15) is 26.7 Å². The van der Waals surface area contributed by atoms with Crippen molar-refractivity contribution in [2.24, 2.45) is 0 Å². The zero-order chi connectivity index (χ0) is 27.2. The number of likely N-dealkylation sites (tertiary alicyclic amines) is 1. The maximum Gasteiger partial charge on any atom is 0.417 e. The Bertz CT molecular complexity index is 1280. The van der Waals surface area contributed by atoms with Gasteiger partial charge < -0.3 is 4.57 Å². The van der Waals surface area contributed by atoms with Crippen LogP contribution in [-0.4, -0.2) is 44.7 Å². The predicted octanol–water partition coefficient (Wildman–Crippen LogP) is 5.57. The third-order valence-electron chi connectivity index (χ3n) is 6.52. The molecule has 37 heavy (non-hydrogen) atoms. The molecule has 1 aromatic heterocycles. The lowest BCUT2D eigenvalue weighted by Gasteiger charge is -2.32. The molecule has 1 fully saturated rings. The van der Waals surface area contributed by atoms with E-state index in [4.69, 9.17) is 0 Å². The molecule has 2 atom stereocenters. The SMILES string of the molecule is CC(C)(C)N1C[C@@H](c2ccc(F)cc2F)[C@](F)(C(=O)Nc2nccn2Cc2c[c]c(C(F)(F)F)cc2)C1. The van der Waals surface area contributed by atoms with Gasteiger partial charge in [0.1, 0.15) is 11.6 Å². The number of rotatable bonds is 5. The van der Waals surface area contributed by atoms with Gasteiger partial charge in [0.15, 0.2) is 0 Å². The summed E-state index contributed by atoms with van der Waals surface area (Å²) in [5.74, 6) is -4.08. The molecule has 11 heteroatoms. The van der Waals surface area contributed by atoms with E-state index in [1.807, 2.05) is 20.8 Å². The number of benzene rings is 2. The van der Waals surface area contributed by atoms with Crippen molar-refractivity contribution < 1.29 is 31.1 Å². The van der Waals surface area contributed by atoms with Crippen molar-refractivity contribution in [3.63, 3.8) is 0 Å². The first-order valence-corrected chi connectivity index (χ1v) is 11.5. The highest BCUT2D eigenvalue weighted by atomic mass is 19.4. The molecule has 1 aliphatic heterocycles. The molecule has 3 aromatic rings. The number of anilines is 1. The molecule has 0 bridgehead atoms. The number of aromatic nitrogens is 2. The molecule has 2 heterocycles. The number of nitrogens with one attached hydrogen (secondary N) is 1. The minimum Gasteiger partial charge on any atom is -0.313 e. The molecule has 5 nitrogen and oxygen atoms in total. The number of alkyl halides is 4. The van der Waals surface area contributed by atoms with Crippen LogP contribution < -0.4 is 5.32 Å². The highest BCUT2D eigenvalue weighted by Gasteiger charge is 2.56. The normalized spacial score (nSPS) is 20.8. The predicted molar refractivity (Wildman–Crippen MR) is 125 cm³/mol. The van der Waals surface area contributed by atoms with E-state index in [2.05, 4.69) is 16.4 Å². The van der Waals surface area contributed by atoms with Crippen LogP contribution in [0.4, 0.5) is 32.3 Å². The largest absolute Gasteiger partial charge is 0.417 e. The molecule has 1 N–H and O–H groups in total. The van der Waals surface area contributed by atoms with Crippen LogP contribution in [0.3, 0.4) is 0 Å². The first-order valence-electron chi connectivity index (χ1n) is 11.5. The van der Waals surface area contributed by atoms with E-state index in [-0.39, 0.29) is 31.1 Å². The number of amides is 1. The molecule has 197 valence electrons. The van der Waals surface area contributed by atoms with Gasteiger partial charge in [-0.2, -0.15) is 13.2 Å². The first kappa shape index (κ1) is 26.7. The third-order valence-corrected chi connectivity index (χ3v) is 6.52. The zero-order valence-corrected chi connectivity index (χ0v) is 20.3. The van der Waals surface area contributed by atoms with Gasteiger partial charge in [0.2, 0.25) is 11.6 Å². The molecule has 0 spiro atoms. The van der Waals surface area contributed by atoms with E-state index in [0.717, 1.165) is 18.2 Å². The topological polar surface area (TPSA) is 50.2 Å². The molecule has 0 saturated carbocycles. The monoisotopic (exact) mass is 523 g/mol. The van der Waals surface area contributed by atoms with Gasteiger partial charge in [-0.3, -0.25) is 15.0 Å². The fourth-order valence-electron chi connectivity index (χ4n) is 4.38. The fraction of sp³-hybridized carbons (Fsp3) is 0.385. The van der Waals surface area contributed by atoms with E-state index < -0.39 is 46.4 Å². The average molecular weight is 524 g/mol. The van der Waals surface area contributed by atoms with E-state index in [0.29, 0.717) is 11.6 Å². The highest BCUT2D eigenvalue weighted by Crippen LogP contribution is 2.43. The summed E-state index contributed by atoms with van der Waals surface area (Å²) in [5.41, 5.74) is -3.71. The molecule has 0 unspecified atom stereocenters. The Balaban J connectivity index is 1.59. The van der Waals surface area contributed by atoms with Crippen molar-refractivity contribution in [3.05, 3.63) is 83.2 Å². The van der Waals surface area contributed by atoms with E-state index in [1.165, 1.54) is 29.1 Å². The number of imidazole rings is 1. The van der Waals surface area contributed by atoms with Gasteiger partial charge in [-0.05, 0) is 56.2 Å². The van der Waals surface area contributed by atoms with Gasteiger partial charge in [0, 0.05) is 43.0 Å². The molecule has 0 aliphatic carbocycles. The van der Waals surface area contributed by atoms with Crippen molar-refractivity contribution in [2.45, 2.75) is 50.6 Å². The lowest BCUT2D eigenvalue weighted by molar-refractivity contribution is -0.137. The summed E-state index contributed by atoms with van der Waals surface area (Å²) < 4.78 is 84.6. The number of nitrogens with zero attached hydrogens (tertiary/aromatic N) is 3. The quantitative estimate of drug-likeness (QED) is 0.445. The molecular formula is C26H25F6N4O. The molecule has 1 saturated heterocycles. The highest BCUT2D eigenvalue weighted by molar-refractivity contribution is 5.97. The van der Waals surface area contributed by atoms with Crippen LogP contribution in [-0.2, 0) is 17.5 Å². The van der Waals surface area contributed by atoms with Crippen LogP contribution in [0.25, 0.3) is 0 Å². The van der Waals surface area contributed by atoms with Gasteiger partial charge in [0.05, 0.1) is 12.1 Å². The van der Waals surface area contributed by atoms with Crippen LogP contribution in [0.15, 0.2) is 48.8 Å². The van der Waals surface area contributed by atoms with Crippen LogP contribution in [0.2, 0.25) is 0 Å². The summed E-state index contributed by atoms with van der Waals surface area (Å²) >= 11 is 0. The summed E-state index contributed by atoms with van der Waals surface area (Å²) in [6.45, 7) is 5.23. The summed E-state index contributed by atoms with van der Waals surface area (Å²) in [5, 5.41) is 2.46. The smallest absolute Gasteiger partial charge is 0.313 e. The Morgan fingerprint density at radius 1 is 1.19 bits per heavy atom. The van der Waals surface area contributed by atoms with Crippen molar-refractivity contribution >= 4 is 11.9 Å². The first-order chi connectivity index (χ1) is 17.2. The lowest BCUT2D eigenvalue weighted by atomic mass is 9.85. The van der Waals surface area contributed by atoms with Crippen LogP contribution in [0, 0.1) is 17.7 Å². The van der Waals surface area contributed by atoms with Crippen LogP contribution >= 0.6 is 0 Å². The van der Waals surface area contributed by atoms with Gasteiger partial charge >= 0.3 is 6.18 Å². The Morgan fingerprint density at radius 2 is 1.92 bits per heavy atom. The molecule has 2 aromatic carbocycles. The molecule has 1 aliphatic rings. The van der Waals surface area contributed by atoms with Crippen molar-refractivity contribution in [1.82, 2.24) is 14.5 Å². The Hall–Kier alpha value is -3.34. The maximum atomic E-state index is 16.6. The molecule has 1 radical (unpaired) electrons. The number of hydrogen-bond acceptors (Lipinski definition) is 3. The van der Waals surface area contributed by atoms with Crippen molar-refractivity contribution in [1.29, 1.82) is 0 Å². The summed E-state index contributed by atoms with van der Waals surface area (Å²) in [7, 11) is 0. The van der Waals surface area contributed by atoms with Gasteiger partial charge in [-0.15, -0.1) is 0 Å². The summed E-state index contributed by atoms with van der Waals surface area (Å²) in [6, 6.07) is 8.33. The maximum absolute atomic E-state index is 16.6.